The number of nitrogens with one attached hydrogen (secondary N) is 1. The van der Waals surface area contributed by atoms with Gasteiger partial charge in [-0.05, 0) is 39.0 Å². The zero-order valence-corrected chi connectivity index (χ0v) is 15.6. The van der Waals surface area contributed by atoms with Crippen LogP contribution in [0, 0.1) is 0 Å². The Morgan fingerprint density at radius 1 is 0.952 bits per heavy atom. The number of likely N-dealkylation sites (N-methyl/N-ethyl adjacent to an activating group) is 2. The van der Waals surface area contributed by atoms with Gasteiger partial charge in [0.25, 0.3) is 0 Å². The van der Waals surface area contributed by atoms with Crippen molar-refractivity contribution in [3.05, 3.63) is 35.9 Å². The number of nitrogens with zero attached hydrogens (tertiary/aromatic N) is 1. The Balaban J connectivity index is 0. The lowest BCUT2D eigenvalue weighted by Crippen LogP contribution is -2.45. The number of hydrogen-bond acceptors (Lipinski definition) is 2. The van der Waals surface area contributed by atoms with Crippen LogP contribution in [0.15, 0.2) is 30.3 Å². The quantitative estimate of drug-likeness (QED) is 0.814. The minimum absolute atomic E-state index is 0.532. The Labute approximate surface area is 133 Å². The van der Waals surface area contributed by atoms with Gasteiger partial charge in [-0.25, -0.2) is 0 Å². The third kappa shape index (κ3) is 7.63. The predicted octanol–water partition coefficient (Wildman–Crippen LogP) is 5.12. The van der Waals surface area contributed by atoms with Crippen molar-refractivity contribution in [3.8, 4) is 0 Å². The molecule has 1 aliphatic heterocycles. The summed E-state index contributed by atoms with van der Waals surface area (Å²) in [6, 6.07) is 11.9. The van der Waals surface area contributed by atoms with Gasteiger partial charge in [-0.2, -0.15) is 0 Å². The third-order valence-corrected chi connectivity index (χ3v) is 3.39. The molecule has 21 heavy (non-hydrogen) atoms. The molecule has 1 N–H and O–H groups in total. The first-order valence-electron chi connectivity index (χ1n) is 8.75. The molecule has 0 spiro atoms. The van der Waals surface area contributed by atoms with Gasteiger partial charge in [0, 0.05) is 12.1 Å². The smallest absolute Gasteiger partial charge is 0.0498 e. The summed E-state index contributed by atoms with van der Waals surface area (Å²) in [5.41, 5.74) is 1.43. The summed E-state index contributed by atoms with van der Waals surface area (Å²) in [5.74, 6) is 0. The molecule has 0 amide bonds. The van der Waals surface area contributed by atoms with Gasteiger partial charge in [-0.1, -0.05) is 71.9 Å². The highest BCUT2D eigenvalue weighted by atomic mass is 15.2. The van der Waals surface area contributed by atoms with Gasteiger partial charge in [0.1, 0.15) is 0 Å². The van der Waals surface area contributed by atoms with Gasteiger partial charge in [0.15, 0.2) is 0 Å². The number of rotatable bonds is 2. The third-order valence-electron chi connectivity index (χ3n) is 3.39. The summed E-state index contributed by atoms with van der Waals surface area (Å²) in [7, 11) is 4.29. The molecule has 0 aliphatic carbocycles. The second kappa shape index (κ2) is 15.5. The van der Waals surface area contributed by atoms with E-state index in [1.807, 2.05) is 41.5 Å². The second-order valence-electron chi connectivity index (χ2n) is 4.37. The van der Waals surface area contributed by atoms with Crippen molar-refractivity contribution >= 4 is 0 Å². The van der Waals surface area contributed by atoms with Gasteiger partial charge in [0.05, 0.1) is 0 Å². The van der Waals surface area contributed by atoms with Crippen molar-refractivity contribution in [1.29, 1.82) is 0 Å². The minimum atomic E-state index is 0.532. The Kier molecular flexibility index (Phi) is 16.6. The lowest BCUT2D eigenvalue weighted by atomic mass is 9.91. The summed E-state index contributed by atoms with van der Waals surface area (Å²) in [6.07, 6.45) is 2.58. The van der Waals surface area contributed by atoms with E-state index >= 15 is 0 Å². The van der Waals surface area contributed by atoms with E-state index in [0.29, 0.717) is 12.1 Å². The molecular formula is C19H38N2. The van der Waals surface area contributed by atoms with Gasteiger partial charge >= 0.3 is 0 Å². The normalized spacial score (nSPS) is 20.8. The van der Waals surface area contributed by atoms with Crippen molar-refractivity contribution in [2.24, 2.45) is 0 Å². The molecule has 124 valence electrons. The molecule has 1 heterocycles. The molecule has 1 fully saturated rings. The van der Waals surface area contributed by atoms with E-state index in [1.54, 1.807) is 0 Å². The van der Waals surface area contributed by atoms with Crippen molar-refractivity contribution in [2.45, 2.75) is 66.5 Å². The number of piperidine rings is 1. The highest BCUT2D eigenvalue weighted by Crippen LogP contribution is 2.29. The summed E-state index contributed by atoms with van der Waals surface area (Å²) in [4.78, 5) is 2.46. The summed E-state index contributed by atoms with van der Waals surface area (Å²) < 4.78 is 0. The fraction of sp³-hybridized carbons (Fsp3) is 0.684. The largest absolute Gasteiger partial charge is 0.315 e. The Morgan fingerprint density at radius 2 is 1.48 bits per heavy atom. The molecule has 1 aliphatic rings. The van der Waals surface area contributed by atoms with E-state index in [2.05, 4.69) is 54.6 Å². The topological polar surface area (TPSA) is 15.3 Å². The average Bonchev–Trinajstić information content (AvgIpc) is 2.60. The van der Waals surface area contributed by atoms with Gasteiger partial charge in [-0.15, -0.1) is 0 Å². The number of likely N-dealkylation sites (tertiary alicyclic amines) is 1. The standard InChI is InChI=1S/C13H20N2.3C2H6/c1-14-12-9-6-10-15(2)13(12)11-7-4-3-5-8-11;3*1-2/h3-5,7-8,12-14H,6,9-10H2,1-2H3;3*1-2H3. The van der Waals surface area contributed by atoms with Crippen LogP contribution in [-0.2, 0) is 0 Å². The molecular weight excluding hydrogens is 256 g/mol. The van der Waals surface area contributed by atoms with Crippen LogP contribution in [0.2, 0.25) is 0 Å². The summed E-state index contributed by atoms with van der Waals surface area (Å²) in [6.45, 7) is 13.2. The van der Waals surface area contributed by atoms with E-state index in [0.717, 1.165) is 0 Å². The van der Waals surface area contributed by atoms with Gasteiger partial charge < -0.3 is 5.32 Å². The molecule has 1 aromatic carbocycles. The zero-order chi connectivity index (χ0) is 16.7. The first kappa shape index (κ1) is 22.4. The highest BCUT2D eigenvalue weighted by molar-refractivity contribution is 5.21. The highest BCUT2D eigenvalue weighted by Gasteiger charge is 2.28. The number of hydrogen-bond donors (Lipinski definition) is 1. The molecule has 2 rings (SSSR count). The predicted molar refractivity (Wildman–Crippen MR) is 97.9 cm³/mol. The molecule has 2 unspecified atom stereocenters. The molecule has 0 saturated carbocycles. The molecule has 0 radical (unpaired) electrons. The molecule has 0 bridgehead atoms. The van der Waals surface area contributed by atoms with Crippen LogP contribution in [0.1, 0.15) is 66.0 Å². The molecule has 1 saturated heterocycles. The Bertz CT molecular complexity index is 298. The van der Waals surface area contributed by atoms with E-state index < -0.39 is 0 Å². The first-order valence-corrected chi connectivity index (χ1v) is 8.75. The average molecular weight is 295 g/mol. The zero-order valence-electron chi connectivity index (χ0n) is 15.6. The van der Waals surface area contributed by atoms with Crippen LogP contribution < -0.4 is 5.32 Å². The van der Waals surface area contributed by atoms with E-state index in [1.165, 1.54) is 24.9 Å². The number of benzene rings is 1. The monoisotopic (exact) mass is 294 g/mol. The van der Waals surface area contributed by atoms with Gasteiger partial charge in [0.2, 0.25) is 0 Å². The van der Waals surface area contributed by atoms with Crippen molar-refractivity contribution < 1.29 is 0 Å². The molecule has 2 nitrogen and oxygen atoms in total. The van der Waals surface area contributed by atoms with E-state index in [9.17, 15) is 0 Å². The van der Waals surface area contributed by atoms with Crippen LogP contribution in [0.4, 0.5) is 0 Å². The van der Waals surface area contributed by atoms with Crippen LogP contribution >= 0.6 is 0 Å². The van der Waals surface area contributed by atoms with Gasteiger partial charge in [-0.3, -0.25) is 4.90 Å². The molecule has 2 heteroatoms. The van der Waals surface area contributed by atoms with Crippen LogP contribution in [-0.4, -0.2) is 31.6 Å². The second-order valence-corrected chi connectivity index (χ2v) is 4.37. The maximum Gasteiger partial charge on any atom is 0.0498 e. The lowest BCUT2D eigenvalue weighted by molar-refractivity contribution is 0.147. The summed E-state index contributed by atoms with van der Waals surface area (Å²) >= 11 is 0. The minimum Gasteiger partial charge on any atom is -0.315 e. The lowest BCUT2D eigenvalue weighted by Gasteiger charge is -2.39. The molecule has 2 atom stereocenters. The van der Waals surface area contributed by atoms with Crippen molar-refractivity contribution in [1.82, 2.24) is 10.2 Å². The van der Waals surface area contributed by atoms with Crippen molar-refractivity contribution in [3.63, 3.8) is 0 Å². The molecule has 1 aromatic rings. The SMILES string of the molecule is CC.CC.CC.CNC1CCCN(C)C1c1ccccc1. The fourth-order valence-corrected chi connectivity index (χ4v) is 2.60. The fourth-order valence-electron chi connectivity index (χ4n) is 2.60. The Morgan fingerprint density at radius 3 is 1.95 bits per heavy atom. The van der Waals surface area contributed by atoms with Crippen LogP contribution in [0.3, 0.4) is 0 Å². The maximum absolute atomic E-state index is 3.44. The summed E-state index contributed by atoms with van der Waals surface area (Å²) in [5, 5.41) is 3.44. The van der Waals surface area contributed by atoms with E-state index in [-0.39, 0.29) is 0 Å². The van der Waals surface area contributed by atoms with E-state index in [4.69, 9.17) is 0 Å². The molecule has 0 aromatic heterocycles. The Hall–Kier alpha value is -0.860. The first-order chi connectivity index (χ1) is 10.3. The van der Waals surface area contributed by atoms with Crippen LogP contribution in [0.5, 0.6) is 0 Å². The maximum atomic E-state index is 3.44. The van der Waals surface area contributed by atoms with Crippen LogP contribution in [0.25, 0.3) is 0 Å². The van der Waals surface area contributed by atoms with Crippen molar-refractivity contribution in [2.75, 3.05) is 20.6 Å².